The highest BCUT2D eigenvalue weighted by Gasteiger charge is 2.18. The monoisotopic (exact) mass is 238 g/mol. The van der Waals surface area contributed by atoms with Crippen LogP contribution in [0.5, 0.6) is 0 Å². The summed E-state index contributed by atoms with van der Waals surface area (Å²) in [6.07, 6.45) is 1.63. The van der Waals surface area contributed by atoms with Crippen LogP contribution in [0.15, 0.2) is 6.20 Å². The van der Waals surface area contributed by atoms with Crippen molar-refractivity contribution < 1.29 is 4.79 Å². The van der Waals surface area contributed by atoms with Crippen LogP contribution in [0.3, 0.4) is 0 Å². The first kappa shape index (κ1) is 13.5. The van der Waals surface area contributed by atoms with Gasteiger partial charge in [0.2, 0.25) is 0 Å². The van der Waals surface area contributed by atoms with Crippen molar-refractivity contribution in [3.8, 4) is 0 Å². The molecule has 0 aromatic carbocycles. The van der Waals surface area contributed by atoms with Crippen LogP contribution in [0.1, 0.15) is 52.2 Å². The number of amides is 1. The van der Waals surface area contributed by atoms with E-state index in [1.807, 2.05) is 41.5 Å². The van der Waals surface area contributed by atoms with Crippen LogP contribution in [-0.4, -0.2) is 27.0 Å². The van der Waals surface area contributed by atoms with E-state index in [0.717, 1.165) is 5.82 Å². The molecule has 1 aromatic heterocycles. The average Bonchev–Trinajstić information content (AvgIpc) is 2.45. The average molecular weight is 238 g/mol. The summed E-state index contributed by atoms with van der Waals surface area (Å²) >= 11 is 0. The van der Waals surface area contributed by atoms with Crippen molar-refractivity contribution >= 4 is 11.7 Å². The van der Waals surface area contributed by atoms with Gasteiger partial charge < -0.3 is 15.6 Å². The van der Waals surface area contributed by atoms with E-state index in [0.29, 0.717) is 5.82 Å². The number of aromatic amines is 1. The van der Waals surface area contributed by atoms with Crippen LogP contribution in [0.25, 0.3) is 0 Å². The molecule has 5 heteroatoms. The predicted molar refractivity (Wildman–Crippen MR) is 69.2 cm³/mol. The highest BCUT2D eigenvalue weighted by atomic mass is 16.2. The Morgan fingerprint density at radius 1 is 1.18 bits per heavy atom. The van der Waals surface area contributed by atoms with Gasteiger partial charge >= 0.3 is 0 Å². The molecule has 0 fully saturated rings. The van der Waals surface area contributed by atoms with E-state index >= 15 is 0 Å². The summed E-state index contributed by atoms with van der Waals surface area (Å²) in [7, 11) is 0. The van der Waals surface area contributed by atoms with Gasteiger partial charge in [-0.25, -0.2) is 4.98 Å². The Balaban J connectivity index is 2.72. The van der Waals surface area contributed by atoms with E-state index in [1.54, 1.807) is 6.20 Å². The highest BCUT2D eigenvalue weighted by molar-refractivity contribution is 5.91. The minimum absolute atomic E-state index is 0.0652. The first-order chi connectivity index (χ1) is 7.57. The third kappa shape index (κ3) is 4.89. The molecule has 3 N–H and O–H groups in total. The molecule has 0 saturated heterocycles. The lowest BCUT2D eigenvalue weighted by atomic mass is 10.1. The molecule has 0 saturated carbocycles. The maximum absolute atomic E-state index is 11.8. The van der Waals surface area contributed by atoms with E-state index in [2.05, 4.69) is 20.6 Å². The summed E-state index contributed by atoms with van der Waals surface area (Å²) in [6, 6.07) is 0. The predicted octanol–water partition coefficient (Wildman–Crippen LogP) is 2.15. The lowest BCUT2D eigenvalue weighted by Crippen LogP contribution is -2.41. The van der Waals surface area contributed by atoms with Gasteiger partial charge in [0.25, 0.3) is 5.91 Å². The van der Waals surface area contributed by atoms with Gasteiger partial charge in [-0.1, -0.05) is 0 Å². The van der Waals surface area contributed by atoms with Crippen molar-refractivity contribution in [3.05, 3.63) is 12.0 Å². The first-order valence-corrected chi connectivity index (χ1v) is 5.72. The second-order valence-corrected chi connectivity index (χ2v) is 6.22. The number of carbonyl (C=O) groups is 1. The van der Waals surface area contributed by atoms with Crippen LogP contribution < -0.4 is 10.6 Å². The number of carbonyl (C=O) groups excluding carboxylic acids is 1. The molecular formula is C12H22N4O. The van der Waals surface area contributed by atoms with Gasteiger partial charge in [0, 0.05) is 11.1 Å². The molecule has 1 aromatic rings. The molecule has 0 aliphatic rings. The van der Waals surface area contributed by atoms with Gasteiger partial charge in [0.05, 0.1) is 6.20 Å². The SMILES string of the molecule is CC(C)(C)NC(=O)c1ncc(NC(C)(C)C)[nH]1. The minimum atomic E-state index is -0.262. The van der Waals surface area contributed by atoms with Crippen molar-refractivity contribution in [1.82, 2.24) is 15.3 Å². The fraction of sp³-hybridized carbons (Fsp3) is 0.667. The molecular weight excluding hydrogens is 216 g/mol. The van der Waals surface area contributed by atoms with Gasteiger partial charge in [-0.05, 0) is 41.5 Å². The molecule has 0 unspecified atom stereocenters. The lowest BCUT2D eigenvalue weighted by Gasteiger charge is -2.20. The quantitative estimate of drug-likeness (QED) is 0.739. The Morgan fingerprint density at radius 2 is 1.76 bits per heavy atom. The van der Waals surface area contributed by atoms with Crippen LogP contribution >= 0.6 is 0 Å². The Labute approximate surface area is 102 Å². The molecule has 1 heterocycles. The summed E-state index contributed by atoms with van der Waals surface area (Å²) < 4.78 is 0. The zero-order valence-electron chi connectivity index (χ0n) is 11.4. The molecule has 17 heavy (non-hydrogen) atoms. The summed E-state index contributed by atoms with van der Waals surface area (Å²) in [4.78, 5) is 18.8. The number of H-pyrrole nitrogens is 1. The van der Waals surface area contributed by atoms with Crippen LogP contribution in [0.4, 0.5) is 5.82 Å². The molecule has 1 amide bonds. The van der Waals surface area contributed by atoms with E-state index in [-0.39, 0.29) is 17.0 Å². The fourth-order valence-corrected chi connectivity index (χ4v) is 1.30. The summed E-state index contributed by atoms with van der Waals surface area (Å²) in [5.74, 6) is 0.877. The second-order valence-electron chi connectivity index (χ2n) is 6.22. The summed E-state index contributed by atoms with van der Waals surface area (Å²) in [5, 5.41) is 6.07. The third-order valence-electron chi connectivity index (χ3n) is 1.79. The zero-order chi connectivity index (χ0) is 13.3. The van der Waals surface area contributed by atoms with Gasteiger partial charge in [-0.15, -0.1) is 0 Å². The summed E-state index contributed by atoms with van der Waals surface area (Å²) in [5.41, 5.74) is -0.328. The second kappa shape index (κ2) is 4.39. The van der Waals surface area contributed by atoms with Crippen molar-refractivity contribution in [1.29, 1.82) is 0 Å². The standard InChI is InChI=1S/C12H22N4O/c1-11(2,3)15-8-7-13-9(14-8)10(17)16-12(4,5)6/h7,15H,1-6H3,(H,13,14)(H,16,17). The number of imidazole rings is 1. The van der Waals surface area contributed by atoms with Crippen molar-refractivity contribution in [3.63, 3.8) is 0 Å². The van der Waals surface area contributed by atoms with E-state index in [9.17, 15) is 4.79 Å². The number of anilines is 1. The Kier molecular flexibility index (Phi) is 3.50. The van der Waals surface area contributed by atoms with Crippen molar-refractivity contribution in [2.24, 2.45) is 0 Å². The molecule has 1 rings (SSSR count). The summed E-state index contributed by atoms with van der Waals surface area (Å²) in [6.45, 7) is 11.9. The molecule has 0 aliphatic heterocycles. The Morgan fingerprint density at radius 3 is 2.24 bits per heavy atom. The van der Waals surface area contributed by atoms with Gasteiger partial charge in [0.1, 0.15) is 5.82 Å². The molecule has 0 radical (unpaired) electrons. The van der Waals surface area contributed by atoms with Crippen LogP contribution in [-0.2, 0) is 0 Å². The van der Waals surface area contributed by atoms with E-state index < -0.39 is 0 Å². The van der Waals surface area contributed by atoms with Gasteiger partial charge in [-0.3, -0.25) is 4.79 Å². The molecule has 0 atom stereocenters. The van der Waals surface area contributed by atoms with Crippen LogP contribution in [0.2, 0.25) is 0 Å². The Hall–Kier alpha value is -1.52. The molecule has 0 aliphatic carbocycles. The smallest absolute Gasteiger partial charge is 0.287 e. The van der Waals surface area contributed by atoms with Crippen molar-refractivity contribution in [2.45, 2.75) is 52.6 Å². The Bertz CT molecular complexity index is 395. The fourth-order valence-electron chi connectivity index (χ4n) is 1.30. The molecule has 0 spiro atoms. The topological polar surface area (TPSA) is 69.8 Å². The lowest BCUT2D eigenvalue weighted by molar-refractivity contribution is 0.0910. The van der Waals surface area contributed by atoms with E-state index in [1.165, 1.54) is 0 Å². The van der Waals surface area contributed by atoms with Gasteiger partial charge in [0.15, 0.2) is 5.82 Å². The van der Waals surface area contributed by atoms with Gasteiger partial charge in [-0.2, -0.15) is 0 Å². The number of nitrogens with zero attached hydrogens (tertiary/aromatic N) is 1. The largest absolute Gasteiger partial charge is 0.366 e. The minimum Gasteiger partial charge on any atom is -0.366 e. The first-order valence-electron chi connectivity index (χ1n) is 5.72. The maximum Gasteiger partial charge on any atom is 0.287 e. The molecule has 96 valence electrons. The molecule has 5 nitrogen and oxygen atoms in total. The number of nitrogens with one attached hydrogen (secondary N) is 3. The van der Waals surface area contributed by atoms with E-state index in [4.69, 9.17) is 0 Å². The number of rotatable bonds is 2. The number of hydrogen-bond acceptors (Lipinski definition) is 3. The molecule has 0 bridgehead atoms. The maximum atomic E-state index is 11.8. The zero-order valence-corrected chi connectivity index (χ0v) is 11.4. The number of aromatic nitrogens is 2. The number of hydrogen-bond donors (Lipinski definition) is 3. The van der Waals surface area contributed by atoms with Crippen molar-refractivity contribution in [2.75, 3.05) is 5.32 Å². The highest BCUT2D eigenvalue weighted by Crippen LogP contribution is 2.12. The van der Waals surface area contributed by atoms with Crippen LogP contribution in [0, 0.1) is 0 Å². The third-order valence-corrected chi connectivity index (χ3v) is 1.79. The normalized spacial score (nSPS) is 12.4.